The lowest BCUT2D eigenvalue weighted by atomic mass is 10.2. The largest absolute Gasteiger partial charge is 0.478 e. The number of rotatable bonds is 4. The fraction of sp³-hybridized carbons (Fsp3) is 0.417. The van der Waals surface area contributed by atoms with Gasteiger partial charge in [-0.3, -0.25) is 0 Å². The van der Waals surface area contributed by atoms with Crippen LogP contribution in [0.4, 0.5) is 4.39 Å². The zero-order valence-corrected chi connectivity index (χ0v) is 11.5. The van der Waals surface area contributed by atoms with Gasteiger partial charge in [0.05, 0.1) is 5.56 Å². The van der Waals surface area contributed by atoms with E-state index in [1.807, 2.05) is 0 Å². The molecule has 8 heteroatoms. The number of hydrogen-bond acceptors (Lipinski definition) is 4. The molecule has 1 aromatic carbocycles. The first-order valence-electron chi connectivity index (χ1n) is 6.20. The lowest BCUT2D eigenvalue weighted by molar-refractivity contribution is 0.0696. The summed E-state index contributed by atoms with van der Waals surface area (Å²) in [5, 5.41) is 10.3. The predicted molar refractivity (Wildman–Crippen MR) is 69.1 cm³/mol. The van der Waals surface area contributed by atoms with Crippen molar-refractivity contribution in [1.29, 1.82) is 0 Å². The molecule has 0 atom stereocenters. The molecule has 6 nitrogen and oxygen atoms in total. The molecule has 1 fully saturated rings. The molecule has 1 aliphatic rings. The highest BCUT2D eigenvalue weighted by Gasteiger charge is 2.23. The van der Waals surface area contributed by atoms with Gasteiger partial charge in [-0.15, -0.1) is 4.83 Å². The zero-order valence-electron chi connectivity index (χ0n) is 10.7. The van der Waals surface area contributed by atoms with Gasteiger partial charge in [0.1, 0.15) is 10.7 Å². The molecule has 0 unspecified atom stereocenters. The molecule has 1 aliphatic heterocycles. The van der Waals surface area contributed by atoms with Crippen molar-refractivity contribution in [2.75, 3.05) is 13.1 Å². The lowest BCUT2D eigenvalue weighted by Crippen LogP contribution is -2.45. The Hall–Kier alpha value is -1.51. The van der Waals surface area contributed by atoms with Crippen molar-refractivity contribution in [3.8, 4) is 0 Å². The fourth-order valence-corrected chi connectivity index (χ4v) is 3.24. The molecular formula is C12H15FN2O4S. The van der Waals surface area contributed by atoms with E-state index in [0.29, 0.717) is 19.2 Å². The second-order valence-corrected chi connectivity index (χ2v) is 6.22. The number of piperidine rings is 1. The van der Waals surface area contributed by atoms with Crippen molar-refractivity contribution < 1.29 is 22.7 Å². The maximum Gasteiger partial charge on any atom is 0.335 e. The van der Waals surface area contributed by atoms with Crippen LogP contribution in [-0.4, -0.2) is 37.6 Å². The Balaban J connectivity index is 2.22. The van der Waals surface area contributed by atoms with Crippen LogP contribution < -0.4 is 4.83 Å². The smallest absolute Gasteiger partial charge is 0.335 e. The minimum Gasteiger partial charge on any atom is -0.478 e. The number of nitrogens with zero attached hydrogens (tertiary/aromatic N) is 1. The number of carboxylic acid groups (broad SMARTS) is 1. The Bertz CT molecular complexity index is 612. The number of hydrogen-bond donors (Lipinski definition) is 2. The van der Waals surface area contributed by atoms with Gasteiger partial charge < -0.3 is 5.11 Å². The molecule has 0 aliphatic carbocycles. The summed E-state index contributed by atoms with van der Waals surface area (Å²) in [7, 11) is -4.03. The molecule has 1 heterocycles. The van der Waals surface area contributed by atoms with Crippen molar-refractivity contribution in [3.63, 3.8) is 0 Å². The average Bonchev–Trinajstić information content (AvgIpc) is 2.38. The number of carboxylic acids is 1. The third kappa shape index (κ3) is 3.33. The van der Waals surface area contributed by atoms with E-state index < -0.39 is 26.7 Å². The SMILES string of the molecule is O=C(O)c1ccc(S(=O)(=O)NN2CCCCC2)c(F)c1. The zero-order chi connectivity index (χ0) is 14.8. The first-order valence-corrected chi connectivity index (χ1v) is 7.69. The quantitative estimate of drug-likeness (QED) is 0.873. The Morgan fingerprint density at radius 1 is 1.25 bits per heavy atom. The second-order valence-electron chi connectivity index (χ2n) is 4.59. The first kappa shape index (κ1) is 14.9. The number of sulfonamides is 1. The van der Waals surface area contributed by atoms with Crippen molar-refractivity contribution in [3.05, 3.63) is 29.6 Å². The van der Waals surface area contributed by atoms with Gasteiger partial charge in [-0.05, 0) is 31.0 Å². The highest BCUT2D eigenvalue weighted by molar-refractivity contribution is 7.89. The van der Waals surface area contributed by atoms with Gasteiger partial charge in [0.25, 0.3) is 10.0 Å². The molecule has 0 amide bonds. The van der Waals surface area contributed by atoms with Crippen molar-refractivity contribution in [2.24, 2.45) is 0 Å². The maximum atomic E-state index is 13.8. The Morgan fingerprint density at radius 3 is 2.45 bits per heavy atom. The fourth-order valence-electron chi connectivity index (χ4n) is 2.06. The molecule has 0 radical (unpaired) electrons. The third-order valence-corrected chi connectivity index (χ3v) is 4.48. The van der Waals surface area contributed by atoms with Gasteiger partial charge in [0.2, 0.25) is 0 Å². The summed E-state index contributed by atoms with van der Waals surface area (Å²) in [6.07, 6.45) is 2.80. The Labute approximate surface area is 116 Å². The molecule has 0 saturated carbocycles. The molecule has 1 aromatic rings. The van der Waals surface area contributed by atoms with Crippen LogP contribution in [0, 0.1) is 5.82 Å². The van der Waals surface area contributed by atoms with Crippen LogP contribution in [0.3, 0.4) is 0 Å². The highest BCUT2D eigenvalue weighted by atomic mass is 32.2. The summed E-state index contributed by atoms with van der Waals surface area (Å²) in [5.74, 6) is -2.38. The molecule has 0 spiro atoms. The van der Waals surface area contributed by atoms with Gasteiger partial charge in [0, 0.05) is 13.1 Å². The summed E-state index contributed by atoms with van der Waals surface area (Å²) in [6.45, 7) is 1.15. The number of nitrogens with one attached hydrogen (secondary N) is 1. The van der Waals surface area contributed by atoms with Crippen LogP contribution in [0.15, 0.2) is 23.1 Å². The van der Waals surface area contributed by atoms with Crippen LogP contribution in [-0.2, 0) is 10.0 Å². The van der Waals surface area contributed by atoms with E-state index in [4.69, 9.17) is 5.11 Å². The topological polar surface area (TPSA) is 86.7 Å². The standard InChI is InChI=1S/C12H15FN2O4S/c13-10-8-9(12(16)17)4-5-11(10)20(18,19)14-15-6-2-1-3-7-15/h4-5,8,14H,1-3,6-7H2,(H,16,17). The molecule has 0 bridgehead atoms. The Kier molecular flexibility index (Phi) is 4.36. The Morgan fingerprint density at radius 2 is 1.90 bits per heavy atom. The molecular weight excluding hydrogens is 287 g/mol. The van der Waals surface area contributed by atoms with Crippen molar-refractivity contribution in [2.45, 2.75) is 24.2 Å². The highest BCUT2D eigenvalue weighted by Crippen LogP contribution is 2.17. The first-order chi connectivity index (χ1) is 9.40. The molecule has 2 rings (SSSR count). The van der Waals surface area contributed by atoms with Gasteiger partial charge >= 0.3 is 5.97 Å². The average molecular weight is 302 g/mol. The predicted octanol–water partition coefficient (Wildman–Crippen LogP) is 1.20. The van der Waals surface area contributed by atoms with E-state index in [1.54, 1.807) is 0 Å². The van der Waals surface area contributed by atoms with Gasteiger partial charge in [-0.25, -0.2) is 22.6 Å². The monoisotopic (exact) mass is 302 g/mol. The number of halogens is 1. The summed E-state index contributed by atoms with van der Waals surface area (Å²) < 4.78 is 37.9. The number of hydrazine groups is 1. The van der Waals surface area contributed by atoms with Crippen LogP contribution >= 0.6 is 0 Å². The lowest BCUT2D eigenvalue weighted by Gasteiger charge is -2.26. The minimum absolute atomic E-state index is 0.292. The normalized spacial score (nSPS) is 17.1. The van der Waals surface area contributed by atoms with E-state index in [9.17, 15) is 17.6 Å². The van der Waals surface area contributed by atoms with Crippen LogP contribution in [0.25, 0.3) is 0 Å². The molecule has 110 valence electrons. The van der Waals surface area contributed by atoms with Crippen molar-refractivity contribution in [1.82, 2.24) is 9.84 Å². The summed E-state index contributed by atoms with van der Waals surface area (Å²) in [6, 6.07) is 2.73. The van der Waals surface area contributed by atoms with Gasteiger partial charge in [-0.2, -0.15) is 0 Å². The van der Waals surface area contributed by atoms with Gasteiger partial charge in [0.15, 0.2) is 0 Å². The van der Waals surface area contributed by atoms with E-state index >= 15 is 0 Å². The van der Waals surface area contributed by atoms with E-state index in [2.05, 4.69) is 4.83 Å². The second kappa shape index (κ2) is 5.86. The maximum absolute atomic E-state index is 13.8. The summed E-state index contributed by atoms with van der Waals surface area (Å²) in [4.78, 5) is 12.5. The minimum atomic E-state index is -4.03. The third-order valence-electron chi connectivity index (χ3n) is 3.07. The summed E-state index contributed by atoms with van der Waals surface area (Å²) >= 11 is 0. The van der Waals surface area contributed by atoms with E-state index in [1.165, 1.54) is 5.01 Å². The van der Waals surface area contributed by atoms with E-state index in [-0.39, 0.29) is 5.56 Å². The van der Waals surface area contributed by atoms with Gasteiger partial charge in [-0.1, -0.05) is 6.42 Å². The number of aromatic carboxylic acids is 1. The number of carbonyl (C=O) groups is 1. The van der Waals surface area contributed by atoms with Crippen molar-refractivity contribution >= 4 is 16.0 Å². The molecule has 2 N–H and O–H groups in total. The van der Waals surface area contributed by atoms with E-state index in [0.717, 1.165) is 31.4 Å². The molecule has 1 saturated heterocycles. The summed E-state index contributed by atoms with van der Waals surface area (Å²) in [5.41, 5.74) is -0.292. The number of benzene rings is 1. The van der Waals surface area contributed by atoms with Crippen LogP contribution in [0.1, 0.15) is 29.6 Å². The molecule has 20 heavy (non-hydrogen) atoms. The van der Waals surface area contributed by atoms with Crippen LogP contribution in [0.2, 0.25) is 0 Å². The van der Waals surface area contributed by atoms with Crippen LogP contribution in [0.5, 0.6) is 0 Å². The molecule has 0 aromatic heterocycles.